The number of halogens is 1. The molecule has 0 radical (unpaired) electrons. The molecule has 0 aliphatic heterocycles. The van der Waals surface area contributed by atoms with E-state index in [1.54, 1.807) is 0 Å². The van der Waals surface area contributed by atoms with Crippen LogP contribution in [0, 0.1) is 0 Å². The minimum atomic E-state index is -4.38. The van der Waals surface area contributed by atoms with Gasteiger partial charge in [0.15, 0.2) is 4.87 Å². The lowest BCUT2D eigenvalue weighted by Crippen LogP contribution is -2.62. The van der Waals surface area contributed by atoms with Crippen LogP contribution in [0.3, 0.4) is 0 Å². The van der Waals surface area contributed by atoms with E-state index in [1.165, 1.54) is 6.08 Å². The zero-order chi connectivity index (χ0) is 12.8. The van der Waals surface area contributed by atoms with Gasteiger partial charge in [-0.2, -0.15) is 0 Å². The molecule has 1 aliphatic carbocycles. The van der Waals surface area contributed by atoms with E-state index >= 15 is 0 Å². The average molecular weight is 288 g/mol. The molecule has 0 saturated carbocycles. The maximum absolute atomic E-state index is 11.3. The van der Waals surface area contributed by atoms with Gasteiger partial charge in [-0.25, -0.2) is 27.1 Å². The smallest absolute Gasteiger partial charge is 0.233 e. The van der Waals surface area contributed by atoms with Gasteiger partial charge in [-0.1, -0.05) is 17.7 Å². The molecular formula is C6H10ClN3O4S2. The summed E-state index contributed by atoms with van der Waals surface area (Å²) in [4.78, 5) is -2.35. The fourth-order valence-corrected chi connectivity index (χ4v) is 3.98. The monoisotopic (exact) mass is 287 g/mol. The van der Waals surface area contributed by atoms with E-state index in [2.05, 4.69) is 0 Å². The van der Waals surface area contributed by atoms with Crippen LogP contribution in [0.2, 0.25) is 0 Å². The zero-order valence-corrected chi connectivity index (χ0v) is 10.3. The molecule has 0 fully saturated rings. The predicted molar refractivity (Wildman–Crippen MR) is 60.0 cm³/mol. The van der Waals surface area contributed by atoms with Crippen LogP contribution in [0.4, 0.5) is 0 Å². The third kappa shape index (κ3) is 2.29. The summed E-state index contributed by atoms with van der Waals surface area (Å²) in [5, 5.41) is 8.06. The van der Waals surface area contributed by atoms with E-state index in [1.807, 2.05) is 0 Å². The van der Waals surface area contributed by atoms with Crippen LogP contribution in [0.1, 0.15) is 0 Å². The summed E-state index contributed by atoms with van der Waals surface area (Å²) in [5.41, 5.74) is 5.47. The molecule has 6 N–H and O–H groups in total. The van der Waals surface area contributed by atoms with E-state index in [0.29, 0.717) is 0 Å². The lowest BCUT2D eigenvalue weighted by atomic mass is 10.1. The molecule has 0 aromatic rings. The number of sulfonamides is 2. The Hall–Kier alpha value is -0.450. The summed E-state index contributed by atoms with van der Waals surface area (Å²) in [6.07, 6.45) is 3.02. The normalized spacial score (nSPS) is 31.2. The SMILES string of the molecule is NC1(S(N)(=O)=O)C=C(Cl)C=CC1S(N)(=O)=O. The molecule has 1 rings (SSSR count). The Morgan fingerprint density at radius 2 is 1.75 bits per heavy atom. The Morgan fingerprint density at radius 1 is 1.25 bits per heavy atom. The molecule has 0 heterocycles. The van der Waals surface area contributed by atoms with Crippen molar-refractivity contribution >= 4 is 31.6 Å². The van der Waals surface area contributed by atoms with Gasteiger partial charge in [0.1, 0.15) is 5.25 Å². The van der Waals surface area contributed by atoms with Crippen molar-refractivity contribution < 1.29 is 16.8 Å². The third-order valence-corrected chi connectivity index (χ3v) is 5.08. The minimum Gasteiger partial charge on any atom is -0.307 e. The highest BCUT2D eigenvalue weighted by Gasteiger charge is 2.49. The zero-order valence-electron chi connectivity index (χ0n) is 7.87. The Morgan fingerprint density at radius 3 is 2.12 bits per heavy atom. The Labute approximate surface area is 98.0 Å². The van der Waals surface area contributed by atoms with Crippen LogP contribution in [0.25, 0.3) is 0 Å². The second-order valence-electron chi connectivity index (χ2n) is 3.30. The van der Waals surface area contributed by atoms with Crippen molar-refractivity contribution in [2.24, 2.45) is 16.0 Å². The first-order valence-corrected chi connectivity index (χ1v) is 7.41. The van der Waals surface area contributed by atoms with E-state index < -0.39 is 30.2 Å². The highest BCUT2D eigenvalue weighted by molar-refractivity contribution is 7.94. The molecule has 2 atom stereocenters. The van der Waals surface area contributed by atoms with Crippen LogP contribution in [0.15, 0.2) is 23.3 Å². The summed E-state index contributed by atoms with van der Waals surface area (Å²) in [7, 11) is -8.60. The van der Waals surface area contributed by atoms with E-state index in [9.17, 15) is 16.8 Å². The Kier molecular flexibility index (Phi) is 3.22. The molecule has 2 unspecified atom stereocenters. The van der Waals surface area contributed by atoms with Gasteiger partial charge < -0.3 is 5.73 Å². The molecule has 10 heteroatoms. The number of hydrogen-bond donors (Lipinski definition) is 3. The number of primary sulfonamides is 2. The number of hydrogen-bond acceptors (Lipinski definition) is 5. The Balaban J connectivity index is 3.50. The van der Waals surface area contributed by atoms with Gasteiger partial charge in [-0.3, -0.25) is 0 Å². The van der Waals surface area contributed by atoms with E-state index in [-0.39, 0.29) is 5.03 Å². The maximum atomic E-state index is 11.3. The minimum absolute atomic E-state index is 0.0311. The molecule has 92 valence electrons. The van der Waals surface area contributed by atoms with Gasteiger partial charge in [0, 0.05) is 5.03 Å². The summed E-state index contributed by atoms with van der Waals surface area (Å²) in [5.74, 6) is 0. The van der Waals surface area contributed by atoms with Gasteiger partial charge in [0.2, 0.25) is 20.0 Å². The Bertz CT molecular complexity index is 565. The second kappa shape index (κ2) is 3.79. The highest BCUT2D eigenvalue weighted by atomic mass is 35.5. The lowest BCUT2D eigenvalue weighted by Gasteiger charge is -2.31. The summed E-state index contributed by atoms with van der Waals surface area (Å²) >= 11 is 5.56. The van der Waals surface area contributed by atoms with E-state index in [4.69, 9.17) is 27.6 Å². The first-order chi connectivity index (χ1) is 6.98. The molecule has 1 aliphatic rings. The number of rotatable bonds is 2. The standard InChI is InChI=1S/C6H10ClN3O4S2/c7-4-1-2-5(15(9,11)12)6(8,3-4)16(10,13)14/h1-3,5H,8H2,(H2,9,11,12)(H2,10,13,14). The molecule has 0 spiro atoms. The molecule has 0 bridgehead atoms. The van der Waals surface area contributed by atoms with Crippen molar-refractivity contribution in [3.63, 3.8) is 0 Å². The van der Waals surface area contributed by atoms with E-state index in [0.717, 1.165) is 12.2 Å². The van der Waals surface area contributed by atoms with Crippen LogP contribution < -0.4 is 16.0 Å². The number of allylic oxidation sites excluding steroid dienone is 2. The van der Waals surface area contributed by atoms with Crippen LogP contribution in [0.5, 0.6) is 0 Å². The molecule has 0 saturated heterocycles. The van der Waals surface area contributed by atoms with Gasteiger partial charge in [-0.15, -0.1) is 0 Å². The first-order valence-electron chi connectivity index (χ1n) is 3.88. The number of nitrogens with two attached hydrogens (primary N) is 3. The van der Waals surface area contributed by atoms with Crippen molar-refractivity contribution in [3.8, 4) is 0 Å². The molecule has 0 amide bonds. The largest absolute Gasteiger partial charge is 0.307 e. The van der Waals surface area contributed by atoms with Crippen LogP contribution in [-0.2, 0) is 20.0 Å². The lowest BCUT2D eigenvalue weighted by molar-refractivity contribution is 0.540. The van der Waals surface area contributed by atoms with Gasteiger partial charge >= 0.3 is 0 Å². The maximum Gasteiger partial charge on any atom is 0.233 e. The fraction of sp³-hybridized carbons (Fsp3) is 0.333. The highest BCUT2D eigenvalue weighted by Crippen LogP contribution is 2.28. The summed E-state index contributed by atoms with van der Waals surface area (Å²) in [6, 6.07) is 0. The average Bonchev–Trinajstić information content (AvgIpc) is 1.98. The quantitative estimate of drug-likeness (QED) is 0.553. The topological polar surface area (TPSA) is 146 Å². The molecule has 0 aromatic carbocycles. The van der Waals surface area contributed by atoms with Gasteiger partial charge in [0.05, 0.1) is 0 Å². The van der Waals surface area contributed by atoms with Crippen LogP contribution >= 0.6 is 11.6 Å². The molecule has 7 nitrogen and oxygen atoms in total. The van der Waals surface area contributed by atoms with Crippen molar-refractivity contribution in [1.29, 1.82) is 0 Å². The summed E-state index contributed by atoms with van der Waals surface area (Å²) in [6.45, 7) is 0. The predicted octanol–water partition coefficient (Wildman–Crippen LogP) is -1.72. The van der Waals surface area contributed by atoms with Crippen molar-refractivity contribution in [2.45, 2.75) is 10.1 Å². The first kappa shape index (κ1) is 13.6. The van der Waals surface area contributed by atoms with Gasteiger partial charge in [-0.05, 0) is 12.2 Å². The van der Waals surface area contributed by atoms with Crippen molar-refractivity contribution in [2.75, 3.05) is 0 Å². The van der Waals surface area contributed by atoms with Crippen molar-refractivity contribution in [1.82, 2.24) is 0 Å². The van der Waals surface area contributed by atoms with Gasteiger partial charge in [0.25, 0.3) is 0 Å². The molecule has 16 heavy (non-hydrogen) atoms. The fourth-order valence-electron chi connectivity index (χ4n) is 1.29. The second-order valence-corrected chi connectivity index (χ2v) is 7.22. The molecular weight excluding hydrogens is 278 g/mol. The summed E-state index contributed by atoms with van der Waals surface area (Å²) < 4.78 is 45.0. The van der Waals surface area contributed by atoms with Crippen LogP contribution in [-0.4, -0.2) is 27.0 Å². The van der Waals surface area contributed by atoms with Crippen molar-refractivity contribution in [3.05, 3.63) is 23.3 Å². The third-order valence-electron chi connectivity index (χ3n) is 2.09. The molecule has 0 aromatic heterocycles.